The summed E-state index contributed by atoms with van der Waals surface area (Å²) in [5, 5.41) is 2.49. The number of carbonyl (C=O) groups excluding carboxylic acids is 1. The third-order valence-electron chi connectivity index (χ3n) is 3.04. The molecule has 1 aromatic carbocycles. The quantitative estimate of drug-likeness (QED) is 0.886. The highest BCUT2D eigenvalue weighted by Gasteiger charge is 2.11. The maximum Gasteiger partial charge on any atom is 0.345 e. The van der Waals surface area contributed by atoms with Crippen LogP contribution < -0.4 is 11.0 Å². The maximum atomic E-state index is 13.1. The van der Waals surface area contributed by atoms with Crippen molar-refractivity contribution >= 4 is 5.91 Å². The molecule has 0 spiro atoms. The van der Waals surface area contributed by atoms with E-state index in [0.29, 0.717) is 18.0 Å². The Balaban J connectivity index is 2.11. The number of aromatic nitrogens is 2. The minimum atomic E-state index is -0.720. The second kappa shape index (κ2) is 7.13. The highest BCUT2D eigenvalue weighted by molar-refractivity contribution is 5.92. The van der Waals surface area contributed by atoms with Gasteiger partial charge in [-0.15, -0.1) is 0 Å². The zero-order valence-electron chi connectivity index (χ0n) is 12.8. The summed E-state index contributed by atoms with van der Waals surface area (Å²) >= 11 is 0. The van der Waals surface area contributed by atoms with Gasteiger partial charge in [0.25, 0.3) is 5.91 Å². The number of amides is 1. The Morgan fingerprint density at radius 3 is 2.48 bits per heavy atom. The van der Waals surface area contributed by atoms with Crippen LogP contribution in [0.25, 0.3) is 0 Å². The van der Waals surface area contributed by atoms with Crippen LogP contribution in [-0.2, 0) is 13.0 Å². The number of carbonyl (C=O) groups is 1. The molecule has 0 aliphatic heterocycles. The summed E-state index contributed by atoms with van der Waals surface area (Å²) in [6.45, 7) is 3.90. The molecule has 1 amide bonds. The van der Waals surface area contributed by atoms with Crippen LogP contribution in [0.1, 0.15) is 35.6 Å². The predicted molar refractivity (Wildman–Crippen MR) is 80.9 cm³/mol. The van der Waals surface area contributed by atoms with Crippen molar-refractivity contribution in [2.75, 3.05) is 0 Å². The van der Waals surface area contributed by atoms with Crippen LogP contribution >= 0.6 is 0 Å². The second-order valence-corrected chi connectivity index (χ2v) is 5.66. The Hall–Kier alpha value is -2.57. The number of rotatable bonds is 5. The van der Waals surface area contributed by atoms with Crippen LogP contribution in [-0.4, -0.2) is 15.9 Å². The van der Waals surface area contributed by atoms with Gasteiger partial charge in [0, 0.05) is 18.3 Å². The highest BCUT2D eigenvalue weighted by Crippen LogP contribution is 2.08. The van der Waals surface area contributed by atoms with Crippen LogP contribution in [0.3, 0.4) is 0 Å². The molecule has 0 radical (unpaired) electrons. The number of H-pyrrole nitrogens is 1. The van der Waals surface area contributed by atoms with E-state index >= 15 is 0 Å². The van der Waals surface area contributed by atoms with E-state index < -0.39 is 23.2 Å². The van der Waals surface area contributed by atoms with Gasteiger partial charge in [-0.25, -0.2) is 13.6 Å². The van der Waals surface area contributed by atoms with Gasteiger partial charge in [-0.05, 0) is 36.1 Å². The molecule has 0 fully saturated rings. The Bertz CT molecular complexity index is 752. The van der Waals surface area contributed by atoms with E-state index in [1.54, 1.807) is 0 Å². The molecule has 0 bridgehead atoms. The lowest BCUT2D eigenvalue weighted by Crippen LogP contribution is -2.27. The number of benzene rings is 1. The number of nitrogens with zero attached hydrogens (tertiary/aromatic N) is 1. The molecule has 0 saturated heterocycles. The van der Waals surface area contributed by atoms with Gasteiger partial charge in [0.15, 0.2) is 0 Å². The van der Waals surface area contributed by atoms with E-state index in [2.05, 4.69) is 15.3 Å². The SMILES string of the molecule is CC(C)Cc1cc(C(=O)NCc2cc(F)cc(F)c2)nc(=O)[nH]1. The van der Waals surface area contributed by atoms with E-state index in [1.807, 2.05) is 13.8 Å². The first-order valence-corrected chi connectivity index (χ1v) is 7.17. The largest absolute Gasteiger partial charge is 0.347 e. The Kier molecular flexibility index (Phi) is 5.20. The van der Waals surface area contributed by atoms with E-state index in [0.717, 1.165) is 18.2 Å². The molecule has 1 aromatic heterocycles. The maximum absolute atomic E-state index is 13.1. The minimum Gasteiger partial charge on any atom is -0.347 e. The number of nitrogens with one attached hydrogen (secondary N) is 2. The molecule has 1 heterocycles. The lowest BCUT2D eigenvalue weighted by molar-refractivity contribution is 0.0945. The third kappa shape index (κ3) is 4.98. The molecule has 5 nitrogen and oxygen atoms in total. The smallest absolute Gasteiger partial charge is 0.345 e. The molecular formula is C16H17F2N3O2. The molecule has 2 aromatic rings. The average Bonchev–Trinajstić information content (AvgIpc) is 2.42. The summed E-state index contributed by atoms with van der Waals surface area (Å²) in [5.74, 6) is -1.71. The molecule has 0 unspecified atom stereocenters. The first-order chi connectivity index (χ1) is 10.8. The van der Waals surface area contributed by atoms with Crippen molar-refractivity contribution in [2.24, 2.45) is 5.92 Å². The molecule has 0 saturated carbocycles. The molecule has 122 valence electrons. The second-order valence-electron chi connectivity index (χ2n) is 5.66. The summed E-state index contributed by atoms with van der Waals surface area (Å²) in [5.41, 5.74) is 0.261. The molecule has 0 atom stereocenters. The van der Waals surface area contributed by atoms with Crippen LogP contribution in [0, 0.1) is 17.6 Å². The molecular weight excluding hydrogens is 304 g/mol. The molecule has 7 heteroatoms. The Labute approximate surface area is 131 Å². The first kappa shape index (κ1) is 16.8. The van der Waals surface area contributed by atoms with Crippen LogP contribution in [0.2, 0.25) is 0 Å². The van der Waals surface area contributed by atoms with E-state index in [-0.39, 0.29) is 17.8 Å². The molecule has 2 rings (SSSR count). The predicted octanol–water partition coefficient (Wildman–Crippen LogP) is 2.18. The standard InChI is InChI=1S/C16H17F2N3O2/c1-9(2)3-13-7-14(21-16(23)20-13)15(22)19-8-10-4-11(17)6-12(18)5-10/h4-7,9H,3,8H2,1-2H3,(H,19,22)(H,20,21,23). The zero-order valence-corrected chi connectivity index (χ0v) is 12.8. The zero-order chi connectivity index (χ0) is 17.0. The molecule has 23 heavy (non-hydrogen) atoms. The van der Waals surface area contributed by atoms with Crippen LogP contribution in [0.5, 0.6) is 0 Å². The van der Waals surface area contributed by atoms with Crippen molar-refractivity contribution in [2.45, 2.75) is 26.8 Å². The van der Waals surface area contributed by atoms with Crippen molar-refractivity contribution in [3.8, 4) is 0 Å². The van der Waals surface area contributed by atoms with Crippen molar-refractivity contribution in [3.63, 3.8) is 0 Å². The van der Waals surface area contributed by atoms with Gasteiger partial charge < -0.3 is 10.3 Å². The lowest BCUT2D eigenvalue weighted by atomic mass is 10.1. The van der Waals surface area contributed by atoms with Gasteiger partial charge in [-0.3, -0.25) is 4.79 Å². The number of hydrogen-bond donors (Lipinski definition) is 2. The third-order valence-corrected chi connectivity index (χ3v) is 3.04. The average molecular weight is 321 g/mol. The summed E-state index contributed by atoms with van der Waals surface area (Å²) in [6, 6.07) is 4.50. The summed E-state index contributed by atoms with van der Waals surface area (Å²) < 4.78 is 26.2. The lowest BCUT2D eigenvalue weighted by Gasteiger charge is -2.08. The first-order valence-electron chi connectivity index (χ1n) is 7.17. The van der Waals surface area contributed by atoms with Crippen molar-refractivity contribution in [1.82, 2.24) is 15.3 Å². The van der Waals surface area contributed by atoms with E-state index in [9.17, 15) is 18.4 Å². The van der Waals surface area contributed by atoms with Gasteiger partial charge in [-0.2, -0.15) is 4.98 Å². The topological polar surface area (TPSA) is 74.8 Å². The Morgan fingerprint density at radius 1 is 1.22 bits per heavy atom. The van der Waals surface area contributed by atoms with Crippen molar-refractivity contribution < 1.29 is 13.6 Å². The summed E-state index contributed by atoms with van der Waals surface area (Å²) in [4.78, 5) is 29.8. The highest BCUT2D eigenvalue weighted by atomic mass is 19.1. The van der Waals surface area contributed by atoms with Crippen LogP contribution in [0.15, 0.2) is 29.1 Å². The van der Waals surface area contributed by atoms with Gasteiger partial charge in [0.2, 0.25) is 0 Å². The van der Waals surface area contributed by atoms with Gasteiger partial charge in [0.1, 0.15) is 17.3 Å². The fraction of sp³-hybridized carbons (Fsp3) is 0.312. The fourth-order valence-electron chi connectivity index (χ4n) is 2.16. The summed E-state index contributed by atoms with van der Waals surface area (Å²) in [6.07, 6.45) is 0.604. The molecule has 0 aliphatic carbocycles. The number of halogens is 2. The molecule has 2 N–H and O–H groups in total. The molecule has 0 aliphatic rings. The van der Waals surface area contributed by atoms with Crippen molar-refractivity contribution in [3.05, 3.63) is 63.3 Å². The van der Waals surface area contributed by atoms with E-state index in [4.69, 9.17) is 0 Å². The van der Waals surface area contributed by atoms with E-state index in [1.165, 1.54) is 6.07 Å². The van der Waals surface area contributed by atoms with Crippen LogP contribution in [0.4, 0.5) is 8.78 Å². The minimum absolute atomic E-state index is 0.0266. The van der Waals surface area contributed by atoms with Gasteiger partial charge in [-0.1, -0.05) is 13.8 Å². The number of hydrogen-bond acceptors (Lipinski definition) is 3. The Morgan fingerprint density at radius 2 is 1.87 bits per heavy atom. The normalized spacial score (nSPS) is 10.8. The van der Waals surface area contributed by atoms with Crippen molar-refractivity contribution in [1.29, 1.82) is 0 Å². The van der Waals surface area contributed by atoms with Gasteiger partial charge in [0.05, 0.1) is 0 Å². The fourth-order valence-corrected chi connectivity index (χ4v) is 2.16. The van der Waals surface area contributed by atoms with Gasteiger partial charge >= 0.3 is 5.69 Å². The number of aromatic amines is 1. The summed E-state index contributed by atoms with van der Waals surface area (Å²) in [7, 11) is 0. The monoisotopic (exact) mass is 321 g/mol.